The molecule has 0 saturated heterocycles. The summed E-state index contributed by atoms with van der Waals surface area (Å²) < 4.78 is 17.3. The van der Waals surface area contributed by atoms with Crippen molar-refractivity contribution in [3.63, 3.8) is 0 Å². The molecule has 31 heavy (non-hydrogen) atoms. The normalized spacial score (nSPS) is 13.7. The molecule has 0 aliphatic heterocycles. The van der Waals surface area contributed by atoms with Crippen LogP contribution in [0.3, 0.4) is 0 Å². The highest BCUT2D eigenvalue weighted by molar-refractivity contribution is 7.09. The van der Waals surface area contributed by atoms with Crippen molar-refractivity contribution in [3.05, 3.63) is 64.1 Å². The summed E-state index contributed by atoms with van der Waals surface area (Å²) in [5.74, 6) is 1.83. The third-order valence-electron chi connectivity index (χ3n) is 5.19. The monoisotopic (exact) mass is 438 g/mol. The molecule has 0 bridgehead atoms. The van der Waals surface area contributed by atoms with Crippen molar-refractivity contribution < 1.29 is 19.0 Å². The van der Waals surface area contributed by atoms with Crippen molar-refractivity contribution in [2.75, 3.05) is 12.4 Å². The third-order valence-corrected chi connectivity index (χ3v) is 6.01. The Bertz CT molecular complexity index is 1030. The highest BCUT2D eigenvalue weighted by Crippen LogP contribution is 2.34. The van der Waals surface area contributed by atoms with Gasteiger partial charge in [-0.2, -0.15) is 0 Å². The van der Waals surface area contributed by atoms with E-state index in [0.29, 0.717) is 35.1 Å². The first kappa shape index (κ1) is 21.2. The molecule has 162 valence electrons. The lowest BCUT2D eigenvalue weighted by molar-refractivity contribution is 0.102. The molecule has 1 N–H and O–H groups in total. The van der Waals surface area contributed by atoms with Gasteiger partial charge < -0.3 is 19.5 Å². The van der Waals surface area contributed by atoms with Crippen molar-refractivity contribution in [1.82, 2.24) is 4.98 Å². The maximum absolute atomic E-state index is 12.7. The largest absolute Gasteiger partial charge is 0.493 e. The average molecular weight is 439 g/mol. The number of anilines is 1. The Hall–Kier alpha value is -3.06. The van der Waals surface area contributed by atoms with Crippen LogP contribution in [-0.2, 0) is 6.61 Å². The van der Waals surface area contributed by atoms with Crippen molar-refractivity contribution in [3.8, 4) is 17.2 Å². The van der Waals surface area contributed by atoms with Crippen LogP contribution < -0.4 is 19.5 Å². The van der Waals surface area contributed by atoms with Gasteiger partial charge in [0.1, 0.15) is 12.4 Å². The molecule has 1 amide bonds. The Kier molecular flexibility index (Phi) is 6.72. The number of thiazole rings is 1. The Morgan fingerprint density at radius 2 is 1.90 bits per heavy atom. The molecule has 1 saturated carbocycles. The van der Waals surface area contributed by atoms with E-state index < -0.39 is 0 Å². The first-order chi connectivity index (χ1) is 15.1. The minimum absolute atomic E-state index is 0.196. The van der Waals surface area contributed by atoms with Gasteiger partial charge in [0.2, 0.25) is 0 Å². The fraction of sp³-hybridized carbons (Fsp3) is 0.333. The second-order valence-corrected chi connectivity index (χ2v) is 8.58. The van der Waals surface area contributed by atoms with Gasteiger partial charge in [-0.05, 0) is 69.0 Å². The molecule has 0 radical (unpaired) electrons. The van der Waals surface area contributed by atoms with E-state index in [4.69, 9.17) is 14.2 Å². The zero-order valence-corrected chi connectivity index (χ0v) is 18.5. The second-order valence-electron chi connectivity index (χ2n) is 7.51. The Labute approximate surface area is 186 Å². The molecule has 1 fully saturated rings. The SMILES string of the molecule is COc1ccc(NC(=O)c2ccc(OCc3csc(C)n3)cc2)cc1OC1CCCC1. The molecule has 0 spiro atoms. The average Bonchev–Trinajstić information content (AvgIpc) is 3.44. The number of nitrogens with one attached hydrogen (secondary N) is 1. The number of ether oxygens (including phenoxy) is 3. The van der Waals surface area contributed by atoms with Crippen molar-refractivity contribution in [2.24, 2.45) is 0 Å². The molecule has 0 unspecified atom stereocenters. The van der Waals surface area contributed by atoms with Crippen LogP contribution in [0.25, 0.3) is 0 Å². The molecule has 4 rings (SSSR count). The smallest absolute Gasteiger partial charge is 0.255 e. The molecule has 1 heterocycles. The van der Waals surface area contributed by atoms with Crippen LogP contribution in [0.4, 0.5) is 5.69 Å². The van der Waals surface area contributed by atoms with Crippen LogP contribution in [0.15, 0.2) is 47.8 Å². The molecule has 1 aliphatic rings. The van der Waals surface area contributed by atoms with Gasteiger partial charge in [0, 0.05) is 22.7 Å². The highest BCUT2D eigenvalue weighted by atomic mass is 32.1. The van der Waals surface area contributed by atoms with E-state index in [2.05, 4.69) is 10.3 Å². The van der Waals surface area contributed by atoms with Crippen molar-refractivity contribution in [1.29, 1.82) is 0 Å². The van der Waals surface area contributed by atoms with Gasteiger partial charge >= 0.3 is 0 Å². The van der Waals surface area contributed by atoms with Gasteiger partial charge in [0.15, 0.2) is 11.5 Å². The van der Waals surface area contributed by atoms with E-state index in [9.17, 15) is 4.79 Å². The molecular formula is C24H26N2O4S. The topological polar surface area (TPSA) is 69.7 Å². The summed E-state index contributed by atoms with van der Waals surface area (Å²) in [6.07, 6.45) is 4.69. The summed E-state index contributed by atoms with van der Waals surface area (Å²) in [5.41, 5.74) is 2.11. The molecule has 3 aromatic rings. The van der Waals surface area contributed by atoms with Crippen molar-refractivity contribution >= 4 is 22.9 Å². The van der Waals surface area contributed by atoms with Gasteiger partial charge in [0.05, 0.1) is 23.9 Å². The molecular weight excluding hydrogens is 412 g/mol. The van der Waals surface area contributed by atoms with Gasteiger partial charge in [-0.15, -0.1) is 11.3 Å². The summed E-state index contributed by atoms with van der Waals surface area (Å²) >= 11 is 1.60. The van der Waals surface area contributed by atoms with Gasteiger partial charge in [0.25, 0.3) is 5.91 Å². The highest BCUT2D eigenvalue weighted by Gasteiger charge is 2.19. The standard InChI is InChI=1S/C24H26N2O4S/c1-16-25-19(15-31-16)14-29-20-10-7-17(8-11-20)24(27)26-18-9-12-22(28-2)23(13-18)30-21-5-3-4-6-21/h7-13,15,21H,3-6,14H2,1-2H3,(H,26,27). The fourth-order valence-corrected chi connectivity index (χ4v) is 4.17. The van der Waals surface area contributed by atoms with Gasteiger partial charge in [-0.3, -0.25) is 4.79 Å². The lowest BCUT2D eigenvalue weighted by atomic mass is 10.2. The molecule has 1 aromatic heterocycles. The number of aromatic nitrogens is 1. The molecule has 0 atom stereocenters. The maximum atomic E-state index is 12.7. The van der Waals surface area contributed by atoms with Crippen LogP contribution in [0, 0.1) is 6.92 Å². The first-order valence-corrected chi connectivity index (χ1v) is 11.3. The van der Waals surface area contributed by atoms with E-state index in [1.54, 1.807) is 42.7 Å². The van der Waals surface area contributed by atoms with Crippen molar-refractivity contribution in [2.45, 2.75) is 45.3 Å². The van der Waals surface area contributed by atoms with Crippen LogP contribution in [-0.4, -0.2) is 24.1 Å². The van der Waals surface area contributed by atoms with E-state index in [0.717, 1.165) is 23.5 Å². The van der Waals surface area contributed by atoms with Gasteiger partial charge in [-0.25, -0.2) is 4.98 Å². The molecule has 7 heteroatoms. The lowest BCUT2D eigenvalue weighted by Gasteiger charge is -2.17. The fourth-order valence-electron chi connectivity index (χ4n) is 3.57. The number of carbonyl (C=O) groups excluding carboxylic acids is 1. The molecule has 2 aromatic carbocycles. The molecule has 6 nitrogen and oxygen atoms in total. The number of nitrogens with zero attached hydrogens (tertiary/aromatic N) is 1. The van der Waals surface area contributed by atoms with E-state index in [1.807, 2.05) is 30.5 Å². The minimum atomic E-state index is -0.196. The van der Waals surface area contributed by atoms with Crippen LogP contribution in [0.2, 0.25) is 0 Å². The summed E-state index contributed by atoms with van der Waals surface area (Å²) in [7, 11) is 1.62. The summed E-state index contributed by atoms with van der Waals surface area (Å²) in [6.45, 7) is 2.37. The van der Waals surface area contributed by atoms with E-state index >= 15 is 0 Å². The number of hydrogen-bond acceptors (Lipinski definition) is 6. The number of benzene rings is 2. The van der Waals surface area contributed by atoms with Crippen LogP contribution in [0.1, 0.15) is 46.7 Å². The zero-order valence-electron chi connectivity index (χ0n) is 17.7. The molecule has 1 aliphatic carbocycles. The number of carbonyl (C=O) groups is 1. The predicted molar refractivity (Wildman–Crippen MR) is 121 cm³/mol. The minimum Gasteiger partial charge on any atom is -0.493 e. The predicted octanol–water partition coefficient (Wildman–Crippen LogP) is 5.61. The van der Waals surface area contributed by atoms with Gasteiger partial charge in [-0.1, -0.05) is 0 Å². The maximum Gasteiger partial charge on any atom is 0.255 e. The number of methoxy groups -OCH3 is 1. The quantitative estimate of drug-likeness (QED) is 0.495. The Morgan fingerprint density at radius 3 is 2.58 bits per heavy atom. The van der Waals surface area contributed by atoms with Crippen LogP contribution in [0.5, 0.6) is 17.2 Å². The van der Waals surface area contributed by atoms with E-state index in [-0.39, 0.29) is 12.0 Å². The zero-order chi connectivity index (χ0) is 21.6. The summed E-state index contributed by atoms with van der Waals surface area (Å²) in [5, 5.41) is 5.93. The number of hydrogen-bond donors (Lipinski definition) is 1. The third kappa shape index (κ3) is 5.55. The van der Waals surface area contributed by atoms with Crippen LogP contribution >= 0.6 is 11.3 Å². The second kappa shape index (κ2) is 9.83. The lowest BCUT2D eigenvalue weighted by Crippen LogP contribution is -2.14. The number of aryl methyl sites for hydroxylation is 1. The first-order valence-electron chi connectivity index (χ1n) is 10.4. The Balaban J connectivity index is 1.38. The summed E-state index contributed by atoms with van der Waals surface area (Å²) in [6, 6.07) is 12.5. The van der Waals surface area contributed by atoms with E-state index in [1.165, 1.54) is 12.8 Å². The number of amides is 1. The number of rotatable bonds is 8. The Morgan fingerprint density at radius 1 is 1.13 bits per heavy atom. The summed E-state index contributed by atoms with van der Waals surface area (Å²) in [4.78, 5) is 17.1.